The average molecular weight is 351 g/mol. The Kier molecular flexibility index (Phi) is 4.92. The Bertz CT molecular complexity index is 710. The Labute approximate surface area is 143 Å². The first-order chi connectivity index (χ1) is 11.2. The zero-order chi connectivity index (χ0) is 16.2. The van der Waals surface area contributed by atoms with Crippen LogP contribution in [0.4, 0.5) is 10.8 Å². The number of hydrogen-bond donors (Lipinski definition) is 2. The molecule has 2 aromatic heterocycles. The van der Waals surface area contributed by atoms with Gasteiger partial charge in [-0.25, -0.2) is 4.79 Å². The zero-order valence-electron chi connectivity index (χ0n) is 12.7. The van der Waals surface area contributed by atoms with Gasteiger partial charge in [0.2, 0.25) is 0 Å². The molecule has 2 aromatic rings. The van der Waals surface area contributed by atoms with Crippen LogP contribution in [0.15, 0.2) is 16.9 Å². The maximum Gasteiger partial charge on any atom is 0.341 e. The van der Waals surface area contributed by atoms with E-state index < -0.39 is 0 Å². The highest BCUT2D eigenvalue weighted by molar-refractivity contribution is 7.80. The Morgan fingerprint density at radius 2 is 2.26 bits per heavy atom. The van der Waals surface area contributed by atoms with Gasteiger partial charge in [0.25, 0.3) is 0 Å². The molecule has 0 fully saturated rings. The van der Waals surface area contributed by atoms with Crippen LogP contribution in [0, 0.1) is 0 Å². The first-order valence-corrected chi connectivity index (χ1v) is 8.71. The van der Waals surface area contributed by atoms with Crippen molar-refractivity contribution in [3.05, 3.63) is 28.3 Å². The van der Waals surface area contributed by atoms with E-state index in [0.29, 0.717) is 23.1 Å². The van der Waals surface area contributed by atoms with Crippen molar-refractivity contribution in [2.24, 2.45) is 0 Å². The van der Waals surface area contributed by atoms with Gasteiger partial charge in [0.05, 0.1) is 12.2 Å². The van der Waals surface area contributed by atoms with Gasteiger partial charge in [-0.1, -0.05) is 5.16 Å². The van der Waals surface area contributed by atoms with Crippen molar-refractivity contribution in [1.29, 1.82) is 0 Å². The molecule has 0 aromatic carbocycles. The highest BCUT2D eigenvalue weighted by atomic mass is 32.1. The van der Waals surface area contributed by atoms with Gasteiger partial charge in [-0.3, -0.25) is 0 Å². The molecule has 0 unspecified atom stereocenters. The second-order valence-corrected chi connectivity index (χ2v) is 6.61. The SMILES string of the molecule is CCOC(=O)c1c(NC(=S)Nc2ccon2)sc2c1CCCC2. The molecule has 3 rings (SSSR count). The van der Waals surface area contributed by atoms with Crippen molar-refractivity contribution < 1.29 is 14.1 Å². The van der Waals surface area contributed by atoms with Crippen molar-refractivity contribution in [2.75, 3.05) is 17.2 Å². The lowest BCUT2D eigenvalue weighted by molar-refractivity contribution is 0.0526. The quantitative estimate of drug-likeness (QED) is 0.644. The molecule has 0 amide bonds. The third-order valence-corrected chi connectivity index (χ3v) is 4.97. The number of nitrogens with one attached hydrogen (secondary N) is 2. The Morgan fingerprint density at radius 1 is 1.43 bits per heavy atom. The van der Waals surface area contributed by atoms with Gasteiger partial charge in [-0.05, 0) is 50.4 Å². The van der Waals surface area contributed by atoms with Gasteiger partial charge < -0.3 is 19.9 Å². The van der Waals surface area contributed by atoms with E-state index in [1.54, 1.807) is 24.3 Å². The van der Waals surface area contributed by atoms with E-state index >= 15 is 0 Å². The van der Waals surface area contributed by atoms with Crippen LogP contribution in [0.5, 0.6) is 0 Å². The molecule has 0 radical (unpaired) electrons. The number of rotatable bonds is 4. The van der Waals surface area contributed by atoms with Crippen LogP contribution in [0.1, 0.15) is 40.6 Å². The molecule has 122 valence electrons. The number of aromatic nitrogens is 1. The van der Waals surface area contributed by atoms with E-state index in [2.05, 4.69) is 15.8 Å². The average Bonchev–Trinajstić information content (AvgIpc) is 3.14. The number of hydrogen-bond acceptors (Lipinski definition) is 6. The zero-order valence-corrected chi connectivity index (χ0v) is 14.3. The topological polar surface area (TPSA) is 76.4 Å². The summed E-state index contributed by atoms with van der Waals surface area (Å²) in [6.45, 7) is 2.16. The lowest BCUT2D eigenvalue weighted by Gasteiger charge is -2.12. The molecular weight excluding hydrogens is 334 g/mol. The van der Waals surface area contributed by atoms with Gasteiger partial charge >= 0.3 is 5.97 Å². The number of carbonyl (C=O) groups is 1. The minimum atomic E-state index is -0.293. The van der Waals surface area contributed by atoms with Crippen LogP contribution in [0.2, 0.25) is 0 Å². The number of esters is 1. The molecule has 0 saturated carbocycles. The number of thiophene rings is 1. The first-order valence-electron chi connectivity index (χ1n) is 7.49. The van der Waals surface area contributed by atoms with E-state index in [0.717, 1.165) is 36.2 Å². The molecular formula is C15H17N3O3S2. The largest absolute Gasteiger partial charge is 0.462 e. The van der Waals surface area contributed by atoms with Crippen molar-refractivity contribution in [3.8, 4) is 0 Å². The molecule has 6 nitrogen and oxygen atoms in total. The monoisotopic (exact) mass is 351 g/mol. The summed E-state index contributed by atoms with van der Waals surface area (Å²) in [6.07, 6.45) is 5.61. The summed E-state index contributed by atoms with van der Waals surface area (Å²) in [6, 6.07) is 1.67. The van der Waals surface area contributed by atoms with Gasteiger partial charge in [0.1, 0.15) is 11.3 Å². The van der Waals surface area contributed by atoms with Crippen LogP contribution in [0.3, 0.4) is 0 Å². The number of anilines is 2. The van der Waals surface area contributed by atoms with Gasteiger partial charge in [0, 0.05) is 10.9 Å². The maximum atomic E-state index is 12.4. The summed E-state index contributed by atoms with van der Waals surface area (Å²) in [5.74, 6) is 0.222. The summed E-state index contributed by atoms with van der Waals surface area (Å²) < 4.78 is 9.97. The van der Waals surface area contributed by atoms with Crippen LogP contribution >= 0.6 is 23.6 Å². The fourth-order valence-corrected chi connectivity index (χ4v) is 4.15. The van der Waals surface area contributed by atoms with E-state index in [9.17, 15) is 4.79 Å². The summed E-state index contributed by atoms with van der Waals surface area (Å²) in [5, 5.41) is 10.9. The molecule has 0 bridgehead atoms. The minimum absolute atomic E-state index is 0.293. The number of thiocarbonyl (C=S) groups is 1. The van der Waals surface area contributed by atoms with Crippen molar-refractivity contribution in [2.45, 2.75) is 32.6 Å². The standard InChI is InChI=1S/C15H17N3O3S2/c1-2-20-14(19)12-9-5-3-4-6-10(9)23-13(12)17-15(22)16-11-7-8-21-18-11/h7-8H,2-6H2,1H3,(H2,16,17,18,22). The molecule has 2 heterocycles. The third kappa shape index (κ3) is 3.53. The fourth-order valence-electron chi connectivity index (χ4n) is 2.60. The minimum Gasteiger partial charge on any atom is -0.462 e. The van der Waals surface area contributed by atoms with E-state index in [4.69, 9.17) is 21.5 Å². The molecule has 8 heteroatoms. The molecule has 1 aliphatic carbocycles. The Balaban J connectivity index is 1.84. The fraction of sp³-hybridized carbons (Fsp3) is 0.400. The van der Waals surface area contributed by atoms with Crippen LogP contribution < -0.4 is 10.6 Å². The van der Waals surface area contributed by atoms with Gasteiger partial charge in [0.15, 0.2) is 10.9 Å². The lowest BCUT2D eigenvalue weighted by atomic mass is 9.95. The number of nitrogens with zero attached hydrogens (tertiary/aromatic N) is 1. The van der Waals surface area contributed by atoms with Crippen LogP contribution in [-0.4, -0.2) is 22.8 Å². The van der Waals surface area contributed by atoms with Crippen LogP contribution in [0.25, 0.3) is 0 Å². The highest BCUT2D eigenvalue weighted by Crippen LogP contribution is 2.38. The van der Waals surface area contributed by atoms with E-state index in [1.165, 1.54) is 11.1 Å². The van der Waals surface area contributed by atoms with Gasteiger partial charge in [-0.2, -0.15) is 0 Å². The Morgan fingerprint density at radius 3 is 3.00 bits per heavy atom. The van der Waals surface area contributed by atoms with Gasteiger partial charge in [-0.15, -0.1) is 11.3 Å². The van der Waals surface area contributed by atoms with Crippen molar-refractivity contribution >= 4 is 45.5 Å². The molecule has 1 aliphatic rings. The number of carbonyl (C=O) groups excluding carboxylic acids is 1. The molecule has 0 atom stereocenters. The number of aryl methyl sites for hydroxylation is 1. The van der Waals surface area contributed by atoms with E-state index in [-0.39, 0.29) is 5.97 Å². The summed E-state index contributed by atoms with van der Waals surface area (Å²) in [4.78, 5) is 13.6. The lowest BCUT2D eigenvalue weighted by Crippen LogP contribution is -2.20. The first kappa shape index (κ1) is 15.9. The number of fused-ring (bicyclic) bond motifs is 1. The molecule has 0 spiro atoms. The molecule has 0 saturated heterocycles. The normalized spacial score (nSPS) is 13.3. The summed E-state index contributed by atoms with van der Waals surface area (Å²) in [7, 11) is 0. The second kappa shape index (κ2) is 7.10. The van der Waals surface area contributed by atoms with Crippen molar-refractivity contribution in [1.82, 2.24) is 5.16 Å². The number of ether oxygens (including phenoxy) is 1. The molecule has 2 N–H and O–H groups in total. The van der Waals surface area contributed by atoms with Crippen LogP contribution in [-0.2, 0) is 17.6 Å². The summed E-state index contributed by atoms with van der Waals surface area (Å²) in [5.41, 5.74) is 1.72. The van der Waals surface area contributed by atoms with E-state index in [1.807, 2.05) is 0 Å². The molecule has 23 heavy (non-hydrogen) atoms. The summed E-state index contributed by atoms with van der Waals surface area (Å²) >= 11 is 6.86. The second-order valence-electron chi connectivity index (χ2n) is 5.10. The van der Waals surface area contributed by atoms with Crippen molar-refractivity contribution in [3.63, 3.8) is 0 Å². The smallest absolute Gasteiger partial charge is 0.341 e. The predicted molar refractivity (Wildman–Crippen MR) is 93.3 cm³/mol. The predicted octanol–water partition coefficient (Wildman–Crippen LogP) is 3.60. The Hall–Kier alpha value is -1.93. The maximum absolute atomic E-state index is 12.4. The highest BCUT2D eigenvalue weighted by Gasteiger charge is 2.26. The third-order valence-electron chi connectivity index (χ3n) is 3.56. The molecule has 0 aliphatic heterocycles.